The van der Waals surface area contributed by atoms with E-state index in [2.05, 4.69) is 48.3 Å². The zero-order valence-corrected chi connectivity index (χ0v) is 18.0. The van der Waals surface area contributed by atoms with Crippen LogP contribution in [0.1, 0.15) is 47.9 Å². The Balaban J connectivity index is 1.56. The van der Waals surface area contributed by atoms with E-state index >= 15 is 0 Å². The van der Waals surface area contributed by atoms with Crippen LogP contribution in [0.15, 0.2) is 71.8 Å². The molecule has 0 unspecified atom stereocenters. The zero-order chi connectivity index (χ0) is 21.4. The van der Waals surface area contributed by atoms with Gasteiger partial charge in [0, 0.05) is 17.5 Å². The van der Waals surface area contributed by atoms with Crippen molar-refractivity contribution in [3.63, 3.8) is 0 Å². The third kappa shape index (κ3) is 3.50. The van der Waals surface area contributed by atoms with Gasteiger partial charge in [-0.1, -0.05) is 48.0 Å². The van der Waals surface area contributed by atoms with Gasteiger partial charge in [-0.25, -0.2) is 5.01 Å². The van der Waals surface area contributed by atoms with E-state index in [0.717, 1.165) is 34.8 Å². The van der Waals surface area contributed by atoms with Gasteiger partial charge in [-0.05, 0) is 43.7 Å². The highest BCUT2D eigenvalue weighted by molar-refractivity contribution is 6.02. The number of nitrogens with zero attached hydrogens (tertiary/aromatic N) is 2. The summed E-state index contributed by atoms with van der Waals surface area (Å²) in [6.07, 6.45) is 0.501. The van der Waals surface area contributed by atoms with Crippen LogP contribution in [0.4, 0.5) is 0 Å². The van der Waals surface area contributed by atoms with Crippen molar-refractivity contribution in [1.29, 1.82) is 0 Å². The van der Waals surface area contributed by atoms with Crippen LogP contribution in [0.5, 0.6) is 17.2 Å². The van der Waals surface area contributed by atoms with Crippen LogP contribution in [0.25, 0.3) is 0 Å². The van der Waals surface area contributed by atoms with Crippen LogP contribution in [-0.4, -0.2) is 24.4 Å². The van der Waals surface area contributed by atoms with E-state index in [1.54, 1.807) is 7.11 Å². The molecule has 158 valence electrons. The molecule has 0 radical (unpaired) electrons. The normalized spacial score (nSPS) is 19.2. The molecule has 0 aromatic heterocycles. The molecule has 0 aliphatic carbocycles. The number of methoxy groups -OCH3 is 1. The third-order valence-electron chi connectivity index (χ3n) is 5.86. The summed E-state index contributed by atoms with van der Waals surface area (Å²) in [4.78, 5) is 0. The van der Waals surface area contributed by atoms with Gasteiger partial charge in [0.1, 0.15) is 5.75 Å². The van der Waals surface area contributed by atoms with Gasteiger partial charge >= 0.3 is 0 Å². The number of rotatable bonds is 5. The van der Waals surface area contributed by atoms with Gasteiger partial charge in [0.05, 0.1) is 25.5 Å². The van der Waals surface area contributed by atoms with Crippen molar-refractivity contribution in [2.75, 3.05) is 13.7 Å². The van der Waals surface area contributed by atoms with E-state index in [9.17, 15) is 0 Å². The van der Waals surface area contributed by atoms with Crippen LogP contribution in [0.2, 0.25) is 0 Å². The van der Waals surface area contributed by atoms with Crippen LogP contribution < -0.4 is 14.2 Å². The lowest BCUT2D eigenvalue weighted by atomic mass is 9.95. The number of ether oxygens (including phenoxy) is 3. The zero-order valence-electron chi connectivity index (χ0n) is 18.0. The van der Waals surface area contributed by atoms with E-state index in [1.807, 2.05) is 37.3 Å². The first-order chi connectivity index (χ1) is 15.2. The Kier molecular flexibility index (Phi) is 5.02. The summed E-state index contributed by atoms with van der Waals surface area (Å²) in [5, 5.41) is 7.12. The van der Waals surface area contributed by atoms with Crippen molar-refractivity contribution >= 4 is 5.71 Å². The molecule has 0 saturated heterocycles. The molecule has 2 aliphatic rings. The molecule has 3 aromatic rings. The van der Waals surface area contributed by atoms with E-state index in [4.69, 9.17) is 19.3 Å². The molecule has 31 heavy (non-hydrogen) atoms. The summed E-state index contributed by atoms with van der Waals surface area (Å²) in [6.45, 7) is 4.65. The topological polar surface area (TPSA) is 43.3 Å². The smallest absolute Gasteiger partial charge is 0.214 e. The van der Waals surface area contributed by atoms with Gasteiger partial charge in [-0.3, -0.25) is 0 Å². The molecular weight excluding hydrogens is 388 g/mol. The fourth-order valence-corrected chi connectivity index (χ4v) is 4.29. The molecule has 5 nitrogen and oxygen atoms in total. The maximum Gasteiger partial charge on any atom is 0.214 e. The summed E-state index contributed by atoms with van der Waals surface area (Å²) >= 11 is 0. The molecule has 0 saturated carbocycles. The number of benzene rings is 3. The number of hydrogen-bond donors (Lipinski definition) is 0. The first kappa shape index (κ1) is 19.5. The molecular formula is C26H26N2O3. The lowest BCUT2D eigenvalue weighted by molar-refractivity contribution is -0.0191. The van der Waals surface area contributed by atoms with Gasteiger partial charge in [0.2, 0.25) is 6.23 Å². The molecule has 3 aromatic carbocycles. The fraction of sp³-hybridized carbons (Fsp3) is 0.269. The van der Waals surface area contributed by atoms with Gasteiger partial charge in [0.15, 0.2) is 11.5 Å². The first-order valence-corrected chi connectivity index (χ1v) is 10.7. The SMILES string of the molecule is CCOc1ccc([C@@H]2Oc3ccccc3[C@H]3CC(c4ccc(C)cc4)=NN32)cc1OC. The van der Waals surface area contributed by atoms with E-state index in [-0.39, 0.29) is 12.3 Å². The number of aryl methyl sites for hydroxylation is 1. The van der Waals surface area contributed by atoms with E-state index in [1.165, 1.54) is 11.1 Å². The first-order valence-electron chi connectivity index (χ1n) is 10.7. The van der Waals surface area contributed by atoms with Crippen LogP contribution in [0.3, 0.4) is 0 Å². The Hall–Kier alpha value is -3.47. The van der Waals surface area contributed by atoms with Gasteiger partial charge in [-0.15, -0.1) is 0 Å². The molecule has 2 atom stereocenters. The Morgan fingerprint density at radius 2 is 1.84 bits per heavy atom. The lowest BCUT2D eigenvalue weighted by Crippen LogP contribution is -2.33. The van der Waals surface area contributed by atoms with Crippen molar-refractivity contribution in [3.8, 4) is 17.2 Å². The molecule has 0 N–H and O–H groups in total. The van der Waals surface area contributed by atoms with E-state index < -0.39 is 0 Å². The molecule has 2 aliphatic heterocycles. The molecule has 5 rings (SSSR count). The number of para-hydroxylation sites is 1. The highest BCUT2D eigenvalue weighted by atomic mass is 16.5. The fourth-order valence-electron chi connectivity index (χ4n) is 4.29. The summed E-state index contributed by atoms with van der Waals surface area (Å²) in [5.41, 5.74) is 5.62. The molecule has 2 heterocycles. The maximum absolute atomic E-state index is 6.46. The molecule has 0 bridgehead atoms. The van der Waals surface area contributed by atoms with Crippen molar-refractivity contribution in [2.45, 2.75) is 32.5 Å². The largest absolute Gasteiger partial charge is 0.493 e. The molecule has 0 spiro atoms. The Labute approximate surface area is 182 Å². The quantitative estimate of drug-likeness (QED) is 0.542. The number of hydrazone groups is 1. The van der Waals surface area contributed by atoms with E-state index in [0.29, 0.717) is 12.4 Å². The maximum atomic E-state index is 6.46. The summed E-state index contributed by atoms with van der Waals surface area (Å²) in [7, 11) is 1.66. The second-order valence-corrected chi connectivity index (χ2v) is 7.86. The molecule has 0 fully saturated rings. The number of fused-ring (bicyclic) bond motifs is 3. The standard InChI is InChI=1S/C26H26N2O3/c1-4-30-24-14-13-19(15-25(24)29-3)26-28-22(20-7-5-6-8-23(20)31-26)16-21(27-28)18-11-9-17(2)10-12-18/h5-15,22,26H,4,16H2,1-3H3/t22-,26+/m1/s1. The average molecular weight is 415 g/mol. The van der Waals surface area contributed by atoms with Crippen LogP contribution in [-0.2, 0) is 0 Å². The van der Waals surface area contributed by atoms with Gasteiger partial charge in [-0.2, -0.15) is 5.10 Å². The second kappa shape index (κ2) is 7.99. The lowest BCUT2D eigenvalue weighted by Gasteiger charge is -2.38. The minimum absolute atomic E-state index is 0.129. The summed E-state index contributed by atoms with van der Waals surface area (Å²) in [5.74, 6) is 2.33. The van der Waals surface area contributed by atoms with Gasteiger partial charge in [0.25, 0.3) is 0 Å². The predicted molar refractivity (Wildman–Crippen MR) is 121 cm³/mol. The number of hydrogen-bond acceptors (Lipinski definition) is 5. The Morgan fingerprint density at radius 1 is 1.03 bits per heavy atom. The third-order valence-corrected chi connectivity index (χ3v) is 5.86. The van der Waals surface area contributed by atoms with Crippen molar-refractivity contribution in [1.82, 2.24) is 5.01 Å². The van der Waals surface area contributed by atoms with Crippen LogP contribution >= 0.6 is 0 Å². The second-order valence-electron chi connectivity index (χ2n) is 7.86. The van der Waals surface area contributed by atoms with Crippen molar-refractivity contribution in [3.05, 3.63) is 89.0 Å². The molecule has 0 amide bonds. The molecule has 5 heteroatoms. The monoisotopic (exact) mass is 414 g/mol. The van der Waals surface area contributed by atoms with Crippen molar-refractivity contribution < 1.29 is 14.2 Å². The minimum Gasteiger partial charge on any atom is -0.493 e. The highest BCUT2D eigenvalue weighted by Gasteiger charge is 2.41. The van der Waals surface area contributed by atoms with Crippen molar-refractivity contribution in [2.24, 2.45) is 5.10 Å². The Bertz CT molecular complexity index is 1120. The summed E-state index contributed by atoms with van der Waals surface area (Å²) < 4.78 is 17.7. The average Bonchev–Trinajstić information content (AvgIpc) is 3.25. The Morgan fingerprint density at radius 3 is 2.61 bits per heavy atom. The predicted octanol–water partition coefficient (Wildman–Crippen LogP) is 5.64. The minimum atomic E-state index is -0.340. The highest BCUT2D eigenvalue weighted by Crippen LogP contribution is 2.48. The summed E-state index contributed by atoms with van der Waals surface area (Å²) in [6, 6.07) is 22.9. The van der Waals surface area contributed by atoms with Gasteiger partial charge < -0.3 is 14.2 Å². The van der Waals surface area contributed by atoms with Crippen LogP contribution in [0, 0.1) is 6.92 Å².